The second-order valence-corrected chi connectivity index (χ2v) is 7.96. The van der Waals surface area contributed by atoms with E-state index in [1.54, 1.807) is 0 Å². The molecule has 2 aliphatic heterocycles. The molecule has 1 aromatic heterocycles. The minimum absolute atomic E-state index is 0.288. The summed E-state index contributed by atoms with van der Waals surface area (Å²) in [6.07, 6.45) is 5.11. The van der Waals surface area contributed by atoms with Crippen LogP contribution in [0.1, 0.15) is 50.7 Å². The number of carbonyl (C=O) groups excluding carboxylic acids is 1. The van der Waals surface area contributed by atoms with Crippen molar-refractivity contribution in [3.8, 4) is 0 Å². The highest BCUT2D eigenvalue weighted by Crippen LogP contribution is 2.15. The molecule has 2 fully saturated rings. The number of guanidine groups is 1. The van der Waals surface area contributed by atoms with Gasteiger partial charge in [-0.1, -0.05) is 6.92 Å². The van der Waals surface area contributed by atoms with Crippen LogP contribution in [0.2, 0.25) is 0 Å². The van der Waals surface area contributed by atoms with Gasteiger partial charge in [0.15, 0.2) is 11.8 Å². The summed E-state index contributed by atoms with van der Waals surface area (Å²) in [4.78, 5) is 21.0. The molecule has 3 rings (SSSR count). The molecule has 1 unspecified atom stereocenters. The molecule has 9 heteroatoms. The Bertz CT molecular complexity index is 701. The molecule has 3 heterocycles. The number of nitrogens with one attached hydrogen (secondary N) is 2. The van der Waals surface area contributed by atoms with Crippen molar-refractivity contribution < 1.29 is 4.79 Å². The first-order chi connectivity index (χ1) is 14.1. The lowest BCUT2D eigenvalue weighted by Gasteiger charge is -2.24. The van der Waals surface area contributed by atoms with E-state index in [-0.39, 0.29) is 5.91 Å². The Morgan fingerprint density at radius 1 is 1.24 bits per heavy atom. The topological polar surface area (TPSA) is 90.7 Å². The lowest BCUT2D eigenvalue weighted by atomic mass is 10.2. The van der Waals surface area contributed by atoms with Crippen molar-refractivity contribution in [3.05, 3.63) is 11.6 Å². The standard InChI is InChI=1S/C20H36N8O/c1-4-27-11-5-8-17(27)14-22-20(23-15-18-25-24-16(2)26(18)3)21-10-7-13-28-12-6-9-19(28)29/h17H,4-15H2,1-3H3,(H2,21,22,23). The summed E-state index contributed by atoms with van der Waals surface area (Å²) in [6.45, 7) is 10.3. The molecule has 1 atom stereocenters. The normalized spacial score (nSPS) is 20.7. The lowest BCUT2D eigenvalue weighted by molar-refractivity contribution is -0.127. The van der Waals surface area contributed by atoms with E-state index in [9.17, 15) is 4.79 Å². The third kappa shape index (κ3) is 5.91. The molecule has 0 aliphatic carbocycles. The van der Waals surface area contributed by atoms with Gasteiger partial charge in [0.1, 0.15) is 12.4 Å². The molecule has 0 radical (unpaired) electrons. The number of aryl methyl sites for hydroxylation is 1. The summed E-state index contributed by atoms with van der Waals surface area (Å²) >= 11 is 0. The van der Waals surface area contributed by atoms with Crippen LogP contribution in [0.25, 0.3) is 0 Å². The highest BCUT2D eigenvalue weighted by Gasteiger charge is 2.23. The van der Waals surface area contributed by atoms with E-state index in [1.165, 1.54) is 19.4 Å². The van der Waals surface area contributed by atoms with Crippen LogP contribution in [0.15, 0.2) is 4.99 Å². The molecular weight excluding hydrogens is 368 g/mol. The zero-order valence-electron chi connectivity index (χ0n) is 18.2. The molecule has 0 bridgehead atoms. The van der Waals surface area contributed by atoms with Crippen molar-refractivity contribution in [3.63, 3.8) is 0 Å². The average molecular weight is 405 g/mol. The molecule has 9 nitrogen and oxygen atoms in total. The predicted octanol–water partition coefficient (Wildman–Crippen LogP) is 0.656. The van der Waals surface area contributed by atoms with Gasteiger partial charge in [-0.3, -0.25) is 9.69 Å². The Morgan fingerprint density at radius 2 is 2.10 bits per heavy atom. The van der Waals surface area contributed by atoms with Crippen LogP contribution >= 0.6 is 0 Å². The molecule has 2 aliphatic rings. The molecule has 0 spiro atoms. The van der Waals surface area contributed by atoms with Crippen molar-refractivity contribution in [2.75, 3.05) is 39.3 Å². The maximum atomic E-state index is 11.8. The smallest absolute Gasteiger partial charge is 0.222 e. The quantitative estimate of drug-likeness (QED) is 0.357. The van der Waals surface area contributed by atoms with Gasteiger partial charge in [0.2, 0.25) is 5.91 Å². The maximum absolute atomic E-state index is 11.8. The minimum Gasteiger partial charge on any atom is -0.356 e. The molecule has 2 saturated heterocycles. The summed E-state index contributed by atoms with van der Waals surface area (Å²) in [5.74, 6) is 2.83. The van der Waals surface area contributed by atoms with Gasteiger partial charge in [0.25, 0.3) is 0 Å². The highest BCUT2D eigenvalue weighted by atomic mass is 16.2. The first kappa shape index (κ1) is 21.5. The number of likely N-dealkylation sites (tertiary alicyclic amines) is 2. The maximum Gasteiger partial charge on any atom is 0.222 e. The Morgan fingerprint density at radius 3 is 2.79 bits per heavy atom. The van der Waals surface area contributed by atoms with Gasteiger partial charge in [-0.2, -0.15) is 0 Å². The van der Waals surface area contributed by atoms with Gasteiger partial charge in [-0.05, 0) is 45.7 Å². The monoisotopic (exact) mass is 404 g/mol. The first-order valence-corrected chi connectivity index (χ1v) is 11.0. The molecule has 1 amide bonds. The van der Waals surface area contributed by atoms with Crippen molar-refractivity contribution >= 4 is 11.9 Å². The van der Waals surface area contributed by atoms with E-state index in [0.29, 0.717) is 19.0 Å². The first-order valence-electron chi connectivity index (χ1n) is 11.0. The van der Waals surface area contributed by atoms with Gasteiger partial charge in [-0.15, -0.1) is 10.2 Å². The fourth-order valence-corrected chi connectivity index (χ4v) is 4.09. The number of hydrogen-bond donors (Lipinski definition) is 2. The molecule has 2 N–H and O–H groups in total. The van der Waals surface area contributed by atoms with Crippen LogP contribution in [-0.4, -0.2) is 81.7 Å². The Kier molecular flexibility index (Phi) is 7.85. The highest BCUT2D eigenvalue weighted by molar-refractivity contribution is 5.80. The number of nitrogens with zero attached hydrogens (tertiary/aromatic N) is 6. The van der Waals surface area contributed by atoms with Gasteiger partial charge in [-0.25, -0.2) is 4.99 Å². The third-order valence-corrected chi connectivity index (χ3v) is 6.04. The second kappa shape index (κ2) is 10.6. The van der Waals surface area contributed by atoms with Crippen LogP contribution < -0.4 is 10.6 Å². The fraction of sp³-hybridized carbons (Fsp3) is 0.800. The zero-order valence-corrected chi connectivity index (χ0v) is 18.2. The zero-order chi connectivity index (χ0) is 20.6. The minimum atomic E-state index is 0.288. The van der Waals surface area contributed by atoms with E-state index < -0.39 is 0 Å². The van der Waals surface area contributed by atoms with Crippen LogP contribution in [0.4, 0.5) is 0 Å². The number of likely N-dealkylation sites (N-methyl/N-ethyl adjacent to an activating group) is 1. The fourth-order valence-electron chi connectivity index (χ4n) is 4.09. The Hall–Kier alpha value is -2.16. The van der Waals surface area contributed by atoms with Gasteiger partial charge in [0, 0.05) is 45.7 Å². The number of rotatable bonds is 9. The molecule has 0 aromatic carbocycles. The molecular formula is C20H36N8O. The Labute approximate surface area is 173 Å². The molecule has 1 aromatic rings. The summed E-state index contributed by atoms with van der Waals surface area (Å²) < 4.78 is 1.97. The van der Waals surface area contributed by atoms with Crippen molar-refractivity contribution in [2.45, 2.75) is 58.5 Å². The summed E-state index contributed by atoms with van der Waals surface area (Å²) in [5.41, 5.74) is 0. The summed E-state index contributed by atoms with van der Waals surface area (Å²) in [6, 6.07) is 0.561. The molecule has 29 heavy (non-hydrogen) atoms. The summed E-state index contributed by atoms with van der Waals surface area (Å²) in [5, 5.41) is 15.3. The Balaban J connectivity index is 1.52. The van der Waals surface area contributed by atoms with Crippen LogP contribution in [0.5, 0.6) is 0 Å². The molecule has 0 saturated carbocycles. The number of aliphatic imine (C=N–C) groups is 1. The largest absolute Gasteiger partial charge is 0.356 e. The number of hydrogen-bond acceptors (Lipinski definition) is 5. The number of amides is 1. The van der Waals surface area contributed by atoms with Gasteiger partial charge in [0.05, 0.1) is 0 Å². The van der Waals surface area contributed by atoms with E-state index in [4.69, 9.17) is 4.99 Å². The van der Waals surface area contributed by atoms with Crippen LogP contribution in [0.3, 0.4) is 0 Å². The van der Waals surface area contributed by atoms with Crippen molar-refractivity contribution in [1.29, 1.82) is 0 Å². The van der Waals surface area contributed by atoms with E-state index in [0.717, 1.165) is 63.2 Å². The van der Waals surface area contributed by atoms with Crippen molar-refractivity contribution in [1.82, 2.24) is 35.2 Å². The molecule has 162 valence electrons. The average Bonchev–Trinajstić information content (AvgIpc) is 3.43. The summed E-state index contributed by atoms with van der Waals surface area (Å²) in [7, 11) is 1.96. The van der Waals surface area contributed by atoms with Crippen molar-refractivity contribution in [2.24, 2.45) is 12.0 Å². The lowest BCUT2D eigenvalue weighted by Crippen LogP contribution is -2.45. The van der Waals surface area contributed by atoms with Crippen LogP contribution in [-0.2, 0) is 18.4 Å². The van der Waals surface area contributed by atoms with E-state index in [2.05, 4.69) is 32.7 Å². The van der Waals surface area contributed by atoms with E-state index in [1.807, 2.05) is 23.4 Å². The number of aromatic nitrogens is 3. The number of carbonyl (C=O) groups is 1. The van der Waals surface area contributed by atoms with Gasteiger partial charge < -0.3 is 20.1 Å². The van der Waals surface area contributed by atoms with E-state index >= 15 is 0 Å². The van der Waals surface area contributed by atoms with Gasteiger partial charge >= 0.3 is 0 Å². The SMILES string of the molecule is CCN1CCCC1CNC(=NCc1nnc(C)n1C)NCCCN1CCCC1=O. The third-order valence-electron chi connectivity index (χ3n) is 6.04. The van der Waals surface area contributed by atoms with Crippen LogP contribution in [0, 0.1) is 6.92 Å². The predicted molar refractivity (Wildman–Crippen MR) is 114 cm³/mol. The second-order valence-electron chi connectivity index (χ2n) is 7.96.